The molecule has 1 aromatic carbocycles. The Bertz CT molecular complexity index is 903. The van der Waals surface area contributed by atoms with Crippen LogP contribution in [0, 0.1) is 0 Å². The maximum atomic E-state index is 13.2. The minimum Gasteiger partial charge on any atom is -0.483 e. The molecule has 0 saturated carbocycles. The van der Waals surface area contributed by atoms with Gasteiger partial charge in [0, 0.05) is 11.1 Å². The van der Waals surface area contributed by atoms with Crippen LogP contribution in [0.25, 0.3) is 0 Å². The fourth-order valence-corrected chi connectivity index (χ4v) is 3.49. The average Bonchev–Trinajstić information content (AvgIpc) is 3.18. The van der Waals surface area contributed by atoms with E-state index >= 15 is 0 Å². The van der Waals surface area contributed by atoms with E-state index in [1.807, 2.05) is 0 Å². The highest BCUT2D eigenvalue weighted by molar-refractivity contribution is 6.31. The number of carbonyl (C=O) groups is 3. The molecule has 1 fully saturated rings. The zero-order valence-electron chi connectivity index (χ0n) is 16.2. The fourth-order valence-electron chi connectivity index (χ4n) is 3.23. The van der Waals surface area contributed by atoms with E-state index in [1.54, 1.807) is 24.3 Å². The number of rotatable bonds is 5. The van der Waals surface area contributed by atoms with Gasteiger partial charge in [0.25, 0.3) is 12.4 Å². The van der Waals surface area contributed by atoms with Gasteiger partial charge >= 0.3 is 12.0 Å². The zero-order chi connectivity index (χ0) is 22.3. The monoisotopic (exact) mass is 437 g/mol. The number of likely N-dealkylation sites (tertiary alicyclic amines) is 1. The van der Waals surface area contributed by atoms with Crippen LogP contribution in [-0.2, 0) is 9.59 Å². The second-order valence-electron chi connectivity index (χ2n) is 6.07. The lowest BCUT2D eigenvalue weighted by Gasteiger charge is -2.29. The molecular formula is C19H20ClN3O7. The molecule has 1 aliphatic heterocycles. The molecule has 1 aromatic heterocycles. The largest absolute Gasteiger partial charge is 0.483 e. The highest BCUT2D eigenvalue weighted by atomic mass is 35.5. The molecule has 1 amide bonds. The third kappa shape index (κ3) is 4.95. The first-order valence-corrected chi connectivity index (χ1v) is 9.10. The van der Waals surface area contributed by atoms with Crippen LogP contribution in [0.3, 0.4) is 0 Å². The summed E-state index contributed by atoms with van der Waals surface area (Å²) in [5.74, 6) is -1.49. The quantitative estimate of drug-likeness (QED) is 0.674. The maximum Gasteiger partial charge on any atom is 0.326 e. The van der Waals surface area contributed by atoms with Crippen molar-refractivity contribution in [3.05, 3.63) is 46.6 Å². The van der Waals surface area contributed by atoms with Gasteiger partial charge in [-0.05, 0) is 24.5 Å². The number of carboxylic acids is 1. The second kappa shape index (κ2) is 10.4. The summed E-state index contributed by atoms with van der Waals surface area (Å²) < 4.78 is 10.1. The lowest BCUT2D eigenvalue weighted by molar-refractivity contribution is -0.141. The fraction of sp³-hybridized carbons (Fsp3) is 0.316. The summed E-state index contributed by atoms with van der Waals surface area (Å²) in [6.45, 7) is -0.250. The van der Waals surface area contributed by atoms with Crippen LogP contribution in [0.5, 0.6) is 11.9 Å². The van der Waals surface area contributed by atoms with Gasteiger partial charge in [0.1, 0.15) is 11.7 Å². The van der Waals surface area contributed by atoms with Crippen molar-refractivity contribution in [1.82, 2.24) is 14.9 Å². The number of aliphatic carboxylic acids is 1. The van der Waals surface area contributed by atoms with Gasteiger partial charge in [0.15, 0.2) is 0 Å². The summed E-state index contributed by atoms with van der Waals surface area (Å²) in [7, 11) is 2.77. The number of hydrogen-bond acceptors (Lipinski definition) is 7. The predicted octanol–water partition coefficient (Wildman–Crippen LogP) is 2.28. The number of aromatic nitrogens is 2. The molecule has 2 atom stereocenters. The number of nitrogens with zero attached hydrogens (tertiary/aromatic N) is 3. The third-order valence-electron chi connectivity index (χ3n) is 4.46. The van der Waals surface area contributed by atoms with Crippen LogP contribution in [0.15, 0.2) is 30.3 Å². The molecule has 2 N–H and O–H groups in total. The smallest absolute Gasteiger partial charge is 0.326 e. The van der Waals surface area contributed by atoms with Crippen LogP contribution in [-0.4, -0.2) is 63.7 Å². The van der Waals surface area contributed by atoms with Crippen LogP contribution < -0.4 is 9.47 Å². The number of amides is 1. The van der Waals surface area contributed by atoms with Gasteiger partial charge < -0.3 is 24.6 Å². The van der Waals surface area contributed by atoms with Gasteiger partial charge in [-0.1, -0.05) is 29.8 Å². The topological polar surface area (TPSA) is 139 Å². The highest BCUT2D eigenvalue weighted by Crippen LogP contribution is 2.40. The van der Waals surface area contributed by atoms with Crippen molar-refractivity contribution in [3.63, 3.8) is 0 Å². The Kier molecular flexibility index (Phi) is 7.93. The molecule has 2 aromatic rings. The summed E-state index contributed by atoms with van der Waals surface area (Å²) in [5, 5.41) is 17.0. The Labute approximate surface area is 177 Å². The van der Waals surface area contributed by atoms with E-state index in [-0.39, 0.29) is 24.1 Å². The van der Waals surface area contributed by atoms with E-state index in [0.29, 0.717) is 23.4 Å². The molecule has 1 aliphatic rings. The lowest BCUT2D eigenvalue weighted by Crippen LogP contribution is -2.42. The number of methoxy groups -OCH3 is 2. The third-order valence-corrected chi connectivity index (χ3v) is 4.81. The van der Waals surface area contributed by atoms with Gasteiger partial charge in [-0.2, -0.15) is 9.97 Å². The Hall–Kier alpha value is -3.40. The number of benzene rings is 1. The van der Waals surface area contributed by atoms with Crippen molar-refractivity contribution in [2.75, 3.05) is 14.2 Å². The molecule has 0 aliphatic carbocycles. The molecule has 1 saturated heterocycles. The molecule has 2 heterocycles. The molecule has 0 spiro atoms. The van der Waals surface area contributed by atoms with Crippen molar-refractivity contribution in [2.45, 2.75) is 24.9 Å². The van der Waals surface area contributed by atoms with Crippen molar-refractivity contribution in [3.8, 4) is 11.9 Å². The first kappa shape index (κ1) is 22.9. The maximum absolute atomic E-state index is 13.2. The Morgan fingerprint density at radius 2 is 1.87 bits per heavy atom. The molecule has 30 heavy (non-hydrogen) atoms. The van der Waals surface area contributed by atoms with Crippen molar-refractivity contribution in [1.29, 1.82) is 0 Å². The summed E-state index contributed by atoms with van der Waals surface area (Å²) in [6, 6.07) is 6.94. The van der Waals surface area contributed by atoms with Gasteiger partial charge in [-0.3, -0.25) is 9.59 Å². The summed E-state index contributed by atoms with van der Waals surface area (Å²) >= 11 is 6.29. The van der Waals surface area contributed by atoms with E-state index in [9.17, 15) is 14.7 Å². The summed E-state index contributed by atoms with van der Waals surface area (Å²) in [6.07, 6.45) is 0.794. The van der Waals surface area contributed by atoms with Crippen LogP contribution in [0.2, 0.25) is 5.02 Å². The van der Waals surface area contributed by atoms with E-state index in [4.69, 9.17) is 31.0 Å². The SMILES string of the molecule is COc1cc(C(=O)N2[C@@H](c3ccccc3Cl)CC[C@H]2C(=O)O)nc(OC)n1.O=CO. The van der Waals surface area contributed by atoms with Crippen LogP contribution in [0.1, 0.15) is 34.9 Å². The van der Waals surface area contributed by atoms with E-state index in [0.717, 1.165) is 0 Å². The van der Waals surface area contributed by atoms with E-state index in [1.165, 1.54) is 25.2 Å². The number of ether oxygens (including phenoxy) is 2. The van der Waals surface area contributed by atoms with Crippen molar-refractivity contribution in [2.24, 2.45) is 0 Å². The summed E-state index contributed by atoms with van der Waals surface area (Å²) in [4.78, 5) is 42.6. The molecule has 0 radical (unpaired) electrons. The first-order valence-electron chi connectivity index (χ1n) is 8.72. The van der Waals surface area contributed by atoms with E-state index in [2.05, 4.69) is 9.97 Å². The van der Waals surface area contributed by atoms with Gasteiger partial charge in [0.2, 0.25) is 5.88 Å². The van der Waals surface area contributed by atoms with Crippen LogP contribution in [0.4, 0.5) is 0 Å². The standard InChI is InChI=1S/C18H18ClN3O5.CH2O2/c1-26-15-9-12(20-18(21-15)27-2)16(23)22-13(7-8-14(22)17(24)25)10-5-3-4-6-11(10)19;2-1-3/h3-6,9,13-14H,7-8H2,1-2H3,(H,24,25);1H,(H,2,3)/t13-,14+;/m1./s1. The first-order chi connectivity index (χ1) is 14.4. The molecule has 10 nitrogen and oxygen atoms in total. The minimum atomic E-state index is -1.08. The molecule has 160 valence electrons. The normalized spacial score (nSPS) is 17.5. The molecule has 3 rings (SSSR count). The van der Waals surface area contributed by atoms with Gasteiger partial charge in [0.05, 0.1) is 20.3 Å². The Morgan fingerprint density at radius 3 is 2.43 bits per heavy atom. The van der Waals surface area contributed by atoms with Gasteiger partial charge in [-0.25, -0.2) is 4.79 Å². The molecule has 0 bridgehead atoms. The van der Waals surface area contributed by atoms with E-state index < -0.39 is 24.0 Å². The number of carbonyl (C=O) groups excluding carboxylic acids is 1. The number of carboxylic acid groups (broad SMARTS) is 2. The number of hydrogen-bond donors (Lipinski definition) is 2. The average molecular weight is 438 g/mol. The lowest BCUT2D eigenvalue weighted by atomic mass is 10.0. The Morgan fingerprint density at radius 1 is 1.20 bits per heavy atom. The molecule has 11 heteroatoms. The zero-order valence-corrected chi connectivity index (χ0v) is 16.9. The minimum absolute atomic E-state index is 0.0103. The van der Waals surface area contributed by atoms with Crippen molar-refractivity contribution >= 4 is 29.9 Å². The Balaban J connectivity index is 0.00000101. The molecule has 0 unspecified atom stereocenters. The number of halogens is 1. The van der Waals surface area contributed by atoms with Crippen LogP contribution >= 0.6 is 11.6 Å². The predicted molar refractivity (Wildman–Crippen MR) is 105 cm³/mol. The summed E-state index contributed by atoms with van der Waals surface area (Å²) in [5.41, 5.74) is 0.688. The highest BCUT2D eigenvalue weighted by Gasteiger charge is 2.43. The van der Waals surface area contributed by atoms with Gasteiger partial charge in [-0.15, -0.1) is 0 Å². The second-order valence-corrected chi connectivity index (χ2v) is 6.48. The van der Waals surface area contributed by atoms with Crippen molar-refractivity contribution < 1.29 is 34.1 Å². The molecular weight excluding hydrogens is 418 g/mol.